The quantitative estimate of drug-likeness (QED) is 0.896. The zero-order valence-electron chi connectivity index (χ0n) is 15.2. The van der Waals surface area contributed by atoms with Crippen molar-refractivity contribution in [1.82, 2.24) is 0 Å². The van der Waals surface area contributed by atoms with Crippen LogP contribution >= 0.6 is 0 Å². The van der Waals surface area contributed by atoms with Crippen LogP contribution in [0.1, 0.15) is 16.7 Å². The molecule has 3 rings (SSSR count). The lowest BCUT2D eigenvalue weighted by Crippen LogP contribution is -2.48. The normalized spacial score (nSPS) is 16.6. The second kappa shape index (κ2) is 6.64. The molecule has 0 fully saturated rings. The summed E-state index contributed by atoms with van der Waals surface area (Å²) in [6.07, 6.45) is 0.199. The summed E-state index contributed by atoms with van der Waals surface area (Å²) in [7, 11) is -3.53. The summed E-state index contributed by atoms with van der Waals surface area (Å²) in [5, 5.41) is 2.81. The van der Waals surface area contributed by atoms with Crippen LogP contribution in [0.5, 0.6) is 5.75 Å². The highest BCUT2D eigenvalue weighted by molar-refractivity contribution is 7.92. The number of sulfonamides is 1. The summed E-state index contributed by atoms with van der Waals surface area (Å²) in [6.45, 7) is 5.77. The highest BCUT2D eigenvalue weighted by Gasteiger charge is 2.35. The summed E-state index contributed by atoms with van der Waals surface area (Å²) in [5.74, 6) is 0.000592. The summed E-state index contributed by atoms with van der Waals surface area (Å²) >= 11 is 0. The zero-order valence-corrected chi connectivity index (χ0v) is 16.1. The largest absolute Gasteiger partial charge is 0.476 e. The SMILES string of the molecule is Cc1ccc2c(c1)N(S(C)(=O)=O)C[C@@H](C(=O)Nc1ccc(C)c(C)c1)O2. The summed E-state index contributed by atoms with van der Waals surface area (Å²) in [6, 6.07) is 10.9. The van der Waals surface area contributed by atoms with Gasteiger partial charge in [0.05, 0.1) is 18.5 Å². The molecular formula is C19H22N2O4S. The molecule has 1 N–H and O–H groups in total. The summed E-state index contributed by atoms with van der Waals surface area (Å²) < 4.78 is 31.4. The lowest BCUT2D eigenvalue weighted by molar-refractivity contribution is -0.122. The van der Waals surface area contributed by atoms with Crippen molar-refractivity contribution >= 4 is 27.3 Å². The van der Waals surface area contributed by atoms with E-state index in [0.717, 1.165) is 22.9 Å². The Labute approximate surface area is 153 Å². The minimum absolute atomic E-state index is 0.0635. The lowest BCUT2D eigenvalue weighted by Gasteiger charge is -2.34. The number of aryl methyl sites for hydroxylation is 3. The molecule has 138 valence electrons. The Morgan fingerprint density at radius 2 is 1.85 bits per heavy atom. The number of ether oxygens (including phenoxy) is 1. The molecule has 0 aromatic heterocycles. The van der Waals surface area contributed by atoms with Crippen LogP contribution in [0.25, 0.3) is 0 Å². The van der Waals surface area contributed by atoms with Gasteiger partial charge in [-0.15, -0.1) is 0 Å². The number of amides is 1. The maximum absolute atomic E-state index is 12.7. The van der Waals surface area contributed by atoms with Crippen LogP contribution in [0.2, 0.25) is 0 Å². The van der Waals surface area contributed by atoms with Gasteiger partial charge in [0.2, 0.25) is 10.0 Å². The first-order valence-electron chi connectivity index (χ1n) is 8.28. The van der Waals surface area contributed by atoms with Gasteiger partial charge in [-0.25, -0.2) is 8.42 Å². The minimum Gasteiger partial charge on any atom is -0.476 e. The molecule has 1 heterocycles. The Hall–Kier alpha value is -2.54. The Bertz CT molecular complexity index is 969. The maximum atomic E-state index is 12.7. The van der Waals surface area contributed by atoms with Crippen LogP contribution in [0.3, 0.4) is 0 Å². The van der Waals surface area contributed by atoms with Crippen LogP contribution in [0.4, 0.5) is 11.4 Å². The molecular weight excluding hydrogens is 352 g/mol. The molecule has 0 bridgehead atoms. The van der Waals surface area contributed by atoms with Crippen molar-refractivity contribution in [2.75, 3.05) is 22.4 Å². The van der Waals surface area contributed by atoms with Gasteiger partial charge in [0.15, 0.2) is 6.10 Å². The Morgan fingerprint density at radius 3 is 2.50 bits per heavy atom. The Balaban J connectivity index is 1.88. The first-order valence-corrected chi connectivity index (χ1v) is 10.1. The fraction of sp³-hybridized carbons (Fsp3) is 0.316. The van der Waals surface area contributed by atoms with E-state index in [1.807, 2.05) is 45.0 Å². The highest BCUT2D eigenvalue weighted by atomic mass is 32.2. The number of carbonyl (C=O) groups excluding carboxylic acids is 1. The molecule has 0 radical (unpaired) electrons. The molecule has 0 spiro atoms. The second-order valence-electron chi connectivity index (χ2n) is 6.66. The fourth-order valence-electron chi connectivity index (χ4n) is 2.85. The molecule has 1 atom stereocenters. The van der Waals surface area contributed by atoms with E-state index in [0.29, 0.717) is 17.1 Å². The third kappa shape index (κ3) is 3.67. The molecule has 1 aliphatic rings. The molecule has 1 amide bonds. The van der Waals surface area contributed by atoms with Gasteiger partial charge in [-0.3, -0.25) is 9.10 Å². The molecule has 2 aromatic carbocycles. The Kier molecular flexibility index (Phi) is 4.66. The number of rotatable bonds is 3. The van der Waals surface area contributed by atoms with Gasteiger partial charge in [-0.05, 0) is 61.7 Å². The lowest BCUT2D eigenvalue weighted by atomic mass is 10.1. The van der Waals surface area contributed by atoms with Crippen LogP contribution in [-0.4, -0.2) is 33.2 Å². The van der Waals surface area contributed by atoms with Gasteiger partial charge in [-0.1, -0.05) is 12.1 Å². The number of hydrogen-bond acceptors (Lipinski definition) is 4. The molecule has 2 aromatic rings. The van der Waals surface area contributed by atoms with E-state index in [1.54, 1.807) is 12.1 Å². The fourth-order valence-corrected chi connectivity index (χ4v) is 3.76. The Morgan fingerprint density at radius 1 is 1.12 bits per heavy atom. The van der Waals surface area contributed by atoms with E-state index in [1.165, 1.54) is 4.31 Å². The van der Waals surface area contributed by atoms with Crippen LogP contribution < -0.4 is 14.4 Å². The maximum Gasteiger partial charge on any atom is 0.267 e. The van der Waals surface area contributed by atoms with Crippen molar-refractivity contribution in [2.24, 2.45) is 0 Å². The van der Waals surface area contributed by atoms with Gasteiger partial charge in [0.25, 0.3) is 5.91 Å². The average Bonchev–Trinajstić information content (AvgIpc) is 2.56. The van der Waals surface area contributed by atoms with Crippen molar-refractivity contribution in [1.29, 1.82) is 0 Å². The van der Waals surface area contributed by atoms with E-state index < -0.39 is 16.1 Å². The molecule has 1 aliphatic heterocycles. The highest BCUT2D eigenvalue weighted by Crippen LogP contribution is 2.36. The van der Waals surface area contributed by atoms with Gasteiger partial charge in [0, 0.05) is 5.69 Å². The number of fused-ring (bicyclic) bond motifs is 1. The number of anilines is 2. The molecule has 0 saturated carbocycles. The number of hydrogen-bond donors (Lipinski definition) is 1. The molecule has 6 nitrogen and oxygen atoms in total. The first-order chi connectivity index (χ1) is 12.1. The molecule has 7 heteroatoms. The van der Waals surface area contributed by atoms with Crippen LogP contribution in [-0.2, 0) is 14.8 Å². The van der Waals surface area contributed by atoms with E-state index in [4.69, 9.17) is 4.74 Å². The van der Waals surface area contributed by atoms with Gasteiger partial charge in [-0.2, -0.15) is 0 Å². The number of benzene rings is 2. The summed E-state index contributed by atoms with van der Waals surface area (Å²) in [5.41, 5.74) is 4.22. The predicted octanol–water partition coefficient (Wildman–Crippen LogP) is 2.78. The molecule has 26 heavy (non-hydrogen) atoms. The number of nitrogens with zero attached hydrogens (tertiary/aromatic N) is 1. The first kappa shape index (κ1) is 18.3. The monoisotopic (exact) mass is 374 g/mol. The number of carbonyl (C=O) groups is 1. The second-order valence-corrected chi connectivity index (χ2v) is 8.57. The van der Waals surface area contributed by atoms with Crippen LogP contribution in [0, 0.1) is 20.8 Å². The zero-order chi connectivity index (χ0) is 19.1. The van der Waals surface area contributed by atoms with Crippen molar-refractivity contribution in [3.8, 4) is 5.75 Å². The van der Waals surface area contributed by atoms with E-state index in [9.17, 15) is 13.2 Å². The molecule has 0 saturated heterocycles. The third-order valence-corrected chi connectivity index (χ3v) is 5.60. The minimum atomic E-state index is -3.53. The van der Waals surface area contributed by atoms with E-state index >= 15 is 0 Å². The van der Waals surface area contributed by atoms with E-state index in [-0.39, 0.29) is 12.5 Å². The molecule has 0 aliphatic carbocycles. The predicted molar refractivity (Wildman–Crippen MR) is 102 cm³/mol. The number of nitrogens with one attached hydrogen (secondary N) is 1. The van der Waals surface area contributed by atoms with Crippen LogP contribution in [0.15, 0.2) is 36.4 Å². The van der Waals surface area contributed by atoms with Crippen molar-refractivity contribution in [3.63, 3.8) is 0 Å². The van der Waals surface area contributed by atoms with Crippen molar-refractivity contribution < 1.29 is 17.9 Å². The molecule has 0 unspecified atom stereocenters. The summed E-state index contributed by atoms with van der Waals surface area (Å²) in [4.78, 5) is 12.7. The smallest absolute Gasteiger partial charge is 0.267 e. The van der Waals surface area contributed by atoms with Crippen molar-refractivity contribution in [3.05, 3.63) is 53.1 Å². The van der Waals surface area contributed by atoms with E-state index in [2.05, 4.69) is 5.32 Å². The van der Waals surface area contributed by atoms with Gasteiger partial charge < -0.3 is 10.1 Å². The standard InChI is InChI=1S/C19H22N2O4S/c1-12-5-8-17-16(9-12)21(26(4,23)24)11-18(25-17)19(22)20-15-7-6-13(2)14(3)10-15/h5-10,18H,11H2,1-4H3,(H,20,22)/t18-/m0/s1. The van der Waals surface area contributed by atoms with Gasteiger partial charge in [0.1, 0.15) is 5.75 Å². The van der Waals surface area contributed by atoms with Crippen molar-refractivity contribution in [2.45, 2.75) is 26.9 Å². The third-order valence-electron chi connectivity index (χ3n) is 4.45. The van der Waals surface area contributed by atoms with Gasteiger partial charge >= 0.3 is 0 Å². The average molecular weight is 374 g/mol. The topological polar surface area (TPSA) is 75.7 Å².